The highest BCUT2D eigenvalue weighted by Gasteiger charge is 2.21. The van der Waals surface area contributed by atoms with Crippen molar-refractivity contribution in [2.24, 2.45) is 0 Å². The van der Waals surface area contributed by atoms with Gasteiger partial charge in [0.2, 0.25) is 0 Å². The van der Waals surface area contributed by atoms with Gasteiger partial charge in [-0.15, -0.1) is 0 Å². The summed E-state index contributed by atoms with van der Waals surface area (Å²) in [5, 5.41) is 13.8. The number of benzene rings is 1. The van der Waals surface area contributed by atoms with E-state index in [9.17, 15) is 14.9 Å². The molecule has 0 atom stereocenters. The van der Waals surface area contributed by atoms with E-state index in [4.69, 9.17) is 4.74 Å². The Morgan fingerprint density at radius 2 is 2.09 bits per heavy atom. The summed E-state index contributed by atoms with van der Waals surface area (Å²) in [6.07, 6.45) is 0.884. The second-order valence-corrected chi connectivity index (χ2v) is 5.21. The van der Waals surface area contributed by atoms with Crippen LogP contribution in [-0.2, 0) is 0 Å². The van der Waals surface area contributed by atoms with Crippen LogP contribution in [0.3, 0.4) is 0 Å². The van der Waals surface area contributed by atoms with Crippen LogP contribution < -0.4 is 10.1 Å². The van der Waals surface area contributed by atoms with Gasteiger partial charge in [0.25, 0.3) is 5.69 Å². The average molecular weight is 308 g/mol. The number of nitro benzene ring substituents is 1. The number of nitrogens with one attached hydrogen (secondary N) is 1. The highest BCUT2D eigenvalue weighted by Crippen LogP contribution is 2.29. The van der Waals surface area contributed by atoms with Crippen molar-refractivity contribution in [1.29, 1.82) is 0 Å². The van der Waals surface area contributed by atoms with Crippen molar-refractivity contribution in [2.45, 2.75) is 6.42 Å². The number of amides is 2. The van der Waals surface area contributed by atoms with Gasteiger partial charge in [0, 0.05) is 19.6 Å². The van der Waals surface area contributed by atoms with Gasteiger partial charge >= 0.3 is 6.03 Å². The molecule has 0 radical (unpaired) electrons. The zero-order chi connectivity index (χ0) is 16.1. The minimum Gasteiger partial charge on any atom is -0.496 e. The molecule has 1 saturated heterocycles. The number of carbonyl (C=O) groups is 1. The molecule has 1 aliphatic rings. The van der Waals surface area contributed by atoms with Crippen LogP contribution in [0.2, 0.25) is 0 Å². The Balaban J connectivity index is 2.12. The normalized spacial score (nSPS) is 16.0. The molecular weight excluding hydrogens is 288 g/mol. The molecule has 0 bridgehead atoms. The Kier molecular flexibility index (Phi) is 5.16. The predicted octanol–water partition coefficient (Wildman–Crippen LogP) is 1.77. The van der Waals surface area contributed by atoms with Crippen molar-refractivity contribution in [1.82, 2.24) is 9.80 Å². The third-order valence-electron chi connectivity index (χ3n) is 3.65. The smallest absolute Gasteiger partial charge is 0.322 e. The molecule has 1 aromatic carbocycles. The van der Waals surface area contributed by atoms with Gasteiger partial charge in [0.15, 0.2) is 0 Å². The fourth-order valence-corrected chi connectivity index (χ4v) is 2.34. The van der Waals surface area contributed by atoms with Crippen molar-refractivity contribution in [3.05, 3.63) is 28.3 Å². The van der Waals surface area contributed by atoms with E-state index in [0.29, 0.717) is 18.8 Å². The number of anilines is 1. The molecule has 1 aromatic rings. The van der Waals surface area contributed by atoms with Gasteiger partial charge < -0.3 is 19.9 Å². The molecule has 0 aliphatic carbocycles. The van der Waals surface area contributed by atoms with Crippen LogP contribution in [-0.4, -0.2) is 61.1 Å². The summed E-state index contributed by atoms with van der Waals surface area (Å²) in [6, 6.07) is 4.05. The van der Waals surface area contributed by atoms with Crippen molar-refractivity contribution in [3.8, 4) is 5.75 Å². The number of nitrogens with zero attached hydrogens (tertiary/aromatic N) is 3. The molecule has 0 spiro atoms. The molecule has 8 heteroatoms. The SMILES string of the molecule is COc1ccc(NC(=O)N2CCCN(C)CC2)c([N+](=O)[O-])c1. The zero-order valence-corrected chi connectivity index (χ0v) is 12.7. The maximum absolute atomic E-state index is 12.3. The van der Waals surface area contributed by atoms with Crippen LogP contribution in [0.25, 0.3) is 0 Å². The first-order valence-electron chi connectivity index (χ1n) is 7.08. The molecule has 1 aliphatic heterocycles. The summed E-state index contributed by atoms with van der Waals surface area (Å²) < 4.78 is 4.98. The maximum atomic E-state index is 12.3. The molecule has 8 nitrogen and oxygen atoms in total. The van der Waals surface area contributed by atoms with Crippen LogP contribution in [0.15, 0.2) is 18.2 Å². The van der Waals surface area contributed by atoms with Crippen LogP contribution in [0.5, 0.6) is 5.75 Å². The zero-order valence-electron chi connectivity index (χ0n) is 12.7. The number of carbonyl (C=O) groups excluding carboxylic acids is 1. The molecule has 0 saturated carbocycles. The number of methoxy groups -OCH3 is 1. The molecule has 2 amide bonds. The van der Waals surface area contributed by atoms with E-state index in [0.717, 1.165) is 19.5 Å². The van der Waals surface area contributed by atoms with Gasteiger partial charge in [0.05, 0.1) is 18.1 Å². The van der Waals surface area contributed by atoms with E-state index in [1.165, 1.54) is 19.2 Å². The fourth-order valence-electron chi connectivity index (χ4n) is 2.34. The quantitative estimate of drug-likeness (QED) is 0.679. The largest absolute Gasteiger partial charge is 0.496 e. The van der Waals surface area contributed by atoms with Crippen LogP contribution >= 0.6 is 0 Å². The van der Waals surface area contributed by atoms with Gasteiger partial charge in [-0.05, 0) is 32.1 Å². The second-order valence-electron chi connectivity index (χ2n) is 5.21. The fraction of sp³-hybridized carbons (Fsp3) is 0.500. The summed E-state index contributed by atoms with van der Waals surface area (Å²) in [5.41, 5.74) is -0.00644. The van der Waals surface area contributed by atoms with E-state index in [-0.39, 0.29) is 17.4 Å². The van der Waals surface area contributed by atoms with E-state index in [1.54, 1.807) is 11.0 Å². The van der Waals surface area contributed by atoms with Crippen LogP contribution in [0.4, 0.5) is 16.2 Å². The summed E-state index contributed by atoms with van der Waals surface area (Å²) in [6.45, 7) is 2.97. The van der Waals surface area contributed by atoms with Gasteiger partial charge in [-0.1, -0.05) is 0 Å². The topological polar surface area (TPSA) is 88.0 Å². The Morgan fingerprint density at radius 1 is 1.32 bits per heavy atom. The molecule has 22 heavy (non-hydrogen) atoms. The number of hydrogen-bond acceptors (Lipinski definition) is 5. The molecule has 1 N–H and O–H groups in total. The molecule has 0 aromatic heterocycles. The summed E-state index contributed by atoms with van der Waals surface area (Å²) >= 11 is 0. The monoisotopic (exact) mass is 308 g/mol. The van der Waals surface area contributed by atoms with Gasteiger partial charge in [-0.25, -0.2) is 4.79 Å². The summed E-state index contributed by atoms with van der Waals surface area (Å²) in [7, 11) is 3.45. The number of ether oxygens (including phenoxy) is 1. The van der Waals surface area contributed by atoms with Gasteiger partial charge in [0.1, 0.15) is 11.4 Å². The molecular formula is C14H20N4O4. The molecule has 120 valence electrons. The van der Waals surface area contributed by atoms with Crippen molar-refractivity contribution < 1.29 is 14.5 Å². The first-order chi connectivity index (χ1) is 10.5. The first-order valence-corrected chi connectivity index (χ1v) is 7.08. The molecule has 1 heterocycles. The number of nitro groups is 1. The van der Waals surface area contributed by atoms with Crippen molar-refractivity contribution in [3.63, 3.8) is 0 Å². The lowest BCUT2D eigenvalue weighted by Gasteiger charge is -2.21. The molecule has 2 rings (SSSR count). The standard InChI is InChI=1S/C14H20N4O4/c1-16-6-3-7-17(9-8-16)14(19)15-12-5-4-11(22-2)10-13(12)18(20)21/h4-5,10H,3,6-9H2,1-2H3,(H,15,19). The Labute approximate surface area is 128 Å². The number of rotatable bonds is 3. The molecule has 1 fully saturated rings. The lowest BCUT2D eigenvalue weighted by molar-refractivity contribution is -0.384. The highest BCUT2D eigenvalue weighted by molar-refractivity contribution is 5.92. The van der Waals surface area contributed by atoms with Gasteiger partial charge in [-0.2, -0.15) is 0 Å². The third kappa shape index (κ3) is 3.85. The predicted molar refractivity (Wildman–Crippen MR) is 82.4 cm³/mol. The van der Waals surface area contributed by atoms with Crippen LogP contribution in [0.1, 0.15) is 6.42 Å². The van der Waals surface area contributed by atoms with E-state index >= 15 is 0 Å². The lowest BCUT2D eigenvalue weighted by atomic mass is 10.2. The van der Waals surface area contributed by atoms with E-state index < -0.39 is 4.92 Å². The average Bonchev–Trinajstić information content (AvgIpc) is 2.72. The maximum Gasteiger partial charge on any atom is 0.322 e. The summed E-state index contributed by atoms with van der Waals surface area (Å²) in [5.74, 6) is 0.376. The number of urea groups is 1. The first kappa shape index (κ1) is 16.0. The minimum atomic E-state index is -0.533. The lowest BCUT2D eigenvalue weighted by Crippen LogP contribution is -2.37. The molecule has 0 unspecified atom stereocenters. The van der Waals surface area contributed by atoms with Crippen molar-refractivity contribution in [2.75, 3.05) is 45.7 Å². The number of hydrogen-bond donors (Lipinski definition) is 1. The van der Waals surface area contributed by atoms with E-state index in [1.807, 2.05) is 7.05 Å². The van der Waals surface area contributed by atoms with Crippen molar-refractivity contribution >= 4 is 17.4 Å². The highest BCUT2D eigenvalue weighted by atomic mass is 16.6. The van der Waals surface area contributed by atoms with Crippen LogP contribution in [0, 0.1) is 10.1 Å². The van der Waals surface area contributed by atoms with Gasteiger partial charge in [-0.3, -0.25) is 10.1 Å². The Morgan fingerprint density at radius 3 is 2.77 bits per heavy atom. The third-order valence-corrected chi connectivity index (χ3v) is 3.65. The Hall–Kier alpha value is -2.35. The second kappa shape index (κ2) is 7.08. The van der Waals surface area contributed by atoms with E-state index in [2.05, 4.69) is 10.2 Å². The Bertz CT molecular complexity index is 564. The number of likely N-dealkylation sites (N-methyl/N-ethyl adjacent to an activating group) is 1. The summed E-state index contributed by atoms with van der Waals surface area (Å²) in [4.78, 5) is 26.7. The minimum absolute atomic E-state index is 0.174.